The second kappa shape index (κ2) is 10.3. The van der Waals surface area contributed by atoms with Crippen LogP contribution in [0.5, 0.6) is 0 Å². The van der Waals surface area contributed by atoms with Gasteiger partial charge in [-0.2, -0.15) is 0 Å². The van der Waals surface area contributed by atoms with E-state index in [9.17, 15) is 4.79 Å². The van der Waals surface area contributed by atoms with E-state index in [1.165, 1.54) is 10.5 Å². The van der Waals surface area contributed by atoms with E-state index in [0.29, 0.717) is 6.04 Å². The van der Waals surface area contributed by atoms with Gasteiger partial charge in [-0.25, -0.2) is 0 Å². The minimum absolute atomic E-state index is 0. The van der Waals surface area contributed by atoms with Crippen molar-refractivity contribution >= 4 is 30.1 Å². The molecule has 0 bridgehead atoms. The normalized spacial score (nSPS) is 20.0. The fourth-order valence-electron chi connectivity index (χ4n) is 3.89. The van der Waals surface area contributed by atoms with Crippen molar-refractivity contribution in [2.45, 2.75) is 23.1 Å². The molecule has 1 atom stereocenters. The predicted molar refractivity (Wildman–Crippen MR) is 118 cm³/mol. The molecule has 1 N–H and O–H groups in total. The SMILES string of the molecule is Cl.O=C(c1ccc(SCc2ccccc2)cc1)N1CCC(N2CCNCC2)C1. The van der Waals surface area contributed by atoms with Crippen molar-refractivity contribution < 1.29 is 4.79 Å². The van der Waals surface area contributed by atoms with Crippen molar-refractivity contribution in [3.63, 3.8) is 0 Å². The summed E-state index contributed by atoms with van der Waals surface area (Å²) in [5.74, 6) is 1.12. The number of hydrogen-bond acceptors (Lipinski definition) is 4. The maximum atomic E-state index is 12.9. The maximum Gasteiger partial charge on any atom is 0.253 e. The van der Waals surface area contributed by atoms with Crippen LogP contribution in [0.25, 0.3) is 0 Å². The molecule has 6 heteroatoms. The predicted octanol–water partition coefficient (Wildman–Crippen LogP) is 3.52. The zero-order chi connectivity index (χ0) is 18.5. The quantitative estimate of drug-likeness (QED) is 0.755. The molecule has 2 heterocycles. The van der Waals surface area contributed by atoms with Crippen LogP contribution in [0.4, 0.5) is 0 Å². The van der Waals surface area contributed by atoms with Gasteiger partial charge >= 0.3 is 0 Å². The van der Waals surface area contributed by atoms with Gasteiger partial charge in [0.25, 0.3) is 5.91 Å². The van der Waals surface area contributed by atoms with Crippen LogP contribution in [0.3, 0.4) is 0 Å². The summed E-state index contributed by atoms with van der Waals surface area (Å²) in [6.07, 6.45) is 1.09. The van der Waals surface area contributed by atoms with E-state index in [1.54, 1.807) is 0 Å². The smallest absolute Gasteiger partial charge is 0.253 e. The fraction of sp³-hybridized carbons (Fsp3) is 0.409. The van der Waals surface area contributed by atoms with Crippen LogP contribution >= 0.6 is 24.2 Å². The topological polar surface area (TPSA) is 35.6 Å². The fourth-order valence-corrected chi connectivity index (χ4v) is 4.74. The highest BCUT2D eigenvalue weighted by atomic mass is 35.5. The Balaban J connectivity index is 0.00000225. The van der Waals surface area contributed by atoms with Gasteiger partial charge in [0.1, 0.15) is 0 Å². The minimum atomic E-state index is 0. The number of halogens is 1. The number of amides is 1. The number of thioether (sulfide) groups is 1. The summed E-state index contributed by atoms with van der Waals surface area (Å²) in [6, 6.07) is 19.1. The second-order valence-electron chi connectivity index (χ2n) is 7.28. The molecule has 0 aromatic heterocycles. The molecule has 4 nitrogen and oxygen atoms in total. The van der Waals surface area contributed by atoms with E-state index in [4.69, 9.17) is 0 Å². The summed E-state index contributed by atoms with van der Waals surface area (Å²) in [5.41, 5.74) is 2.12. The highest BCUT2D eigenvalue weighted by Crippen LogP contribution is 2.24. The molecule has 1 amide bonds. The highest BCUT2D eigenvalue weighted by molar-refractivity contribution is 7.98. The lowest BCUT2D eigenvalue weighted by Crippen LogP contribution is -2.49. The Morgan fingerprint density at radius 2 is 1.71 bits per heavy atom. The van der Waals surface area contributed by atoms with Crippen molar-refractivity contribution in [2.24, 2.45) is 0 Å². The van der Waals surface area contributed by atoms with Crippen LogP contribution in [0.15, 0.2) is 59.5 Å². The van der Waals surface area contributed by atoms with E-state index in [2.05, 4.69) is 46.6 Å². The summed E-state index contributed by atoms with van der Waals surface area (Å²) in [4.78, 5) is 18.6. The Labute approximate surface area is 178 Å². The van der Waals surface area contributed by atoms with Gasteiger partial charge in [-0.3, -0.25) is 9.69 Å². The van der Waals surface area contributed by atoms with Crippen molar-refractivity contribution in [3.05, 3.63) is 65.7 Å². The molecule has 0 spiro atoms. The Hall–Kier alpha value is -1.53. The molecule has 2 aliphatic heterocycles. The molecule has 0 radical (unpaired) electrons. The molecule has 2 aromatic rings. The van der Waals surface area contributed by atoms with Gasteiger partial charge < -0.3 is 10.2 Å². The van der Waals surface area contributed by atoms with Gasteiger partial charge in [-0.1, -0.05) is 30.3 Å². The number of rotatable bonds is 5. The number of nitrogens with zero attached hydrogens (tertiary/aromatic N) is 2. The molecule has 1 unspecified atom stereocenters. The van der Waals surface area contributed by atoms with Crippen LogP contribution in [0, 0.1) is 0 Å². The van der Waals surface area contributed by atoms with Gasteiger partial charge in [0.15, 0.2) is 0 Å². The van der Waals surface area contributed by atoms with Gasteiger partial charge in [-0.05, 0) is 36.2 Å². The number of carbonyl (C=O) groups excluding carboxylic acids is 1. The maximum absolute atomic E-state index is 12.9. The molecule has 4 rings (SSSR count). The third-order valence-electron chi connectivity index (χ3n) is 5.47. The number of likely N-dealkylation sites (tertiary alicyclic amines) is 1. The average molecular weight is 418 g/mol. The third-order valence-corrected chi connectivity index (χ3v) is 6.55. The van der Waals surface area contributed by atoms with Gasteiger partial charge in [-0.15, -0.1) is 24.2 Å². The van der Waals surface area contributed by atoms with Gasteiger partial charge in [0.2, 0.25) is 0 Å². The lowest BCUT2D eigenvalue weighted by molar-refractivity contribution is 0.0773. The van der Waals surface area contributed by atoms with E-state index in [-0.39, 0.29) is 18.3 Å². The van der Waals surface area contributed by atoms with E-state index in [0.717, 1.165) is 57.0 Å². The highest BCUT2D eigenvalue weighted by Gasteiger charge is 2.31. The monoisotopic (exact) mass is 417 g/mol. The Morgan fingerprint density at radius 3 is 2.43 bits per heavy atom. The van der Waals surface area contributed by atoms with Crippen LogP contribution in [-0.4, -0.2) is 61.0 Å². The van der Waals surface area contributed by atoms with E-state index in [1.807, 2.05) is 34.9 Å². The Morgan fingerprint density at radius 1 is 1.00 bits per heavy atom. The van der Waals surface area contributed by atoms with Gasteiger partial charge in [0, 0.05) is 61.5 Å². The molecule has 0 saturated carbocycles. The largest absolute Gasteiger partial charge is 0.337 e. The number of hydrogen-bond donors (Lipinski definition) is 1. The summed E-state index contributed by atoms with van der Waals surface area (Å²) in [5, 5.41) is 3.40. The molecule has 150 valence electrons. The van der Waals surface area contributed by atoms with Crippen molar-refractivity contribution in [2.75, 3.05) is 39.3 Å². The molecular formula is C22H28ClN3OS. The lowest BCUT2D eigenvalue weighted by atomic mass is 10.2. The first-order valence-corrected chi connectivity index (χ1v) is 10.8. The lowest BCUT2D eigenvalue weighted by Gasteiger charge is -2.32. The average Bonchev–Trinajstić information content (AvgIpc) is 3.24. The zero-order valence-electron chi connectivity index (χ0n) is 16.0. The van der Waals surface area contributed by atoms with Crippen LogP contribution in [-0.2, 0) is 5.75 Å². The third kappa shape index (κ3) is 5.29. The molecule has 2 aliphatic rings. The van der Waals surface area contributed by atoms with E-state index >= 15 is 0 Å². The first kappa shape index (κ1) is 21.2. The zero-order valence-corrected chi connectivity index (χ0v) is 17.7. The Bertz CT molecular complexity index is 750. The summed E-state index contributed by atoms with van der Waals surface area (Å²) in [7, 11) is 0. The first-order chi connectivity index (χ1) is 13.3. The summed E-state index contributed by atoms with van der Waals surface area (Å²) < 4.78 is 0. The summed E-state index contributed by atoms with van der Waals surface area (Å²) >= 11 is 1.81. The standard InChI is InChI=1S/C22H27N3OS.ClH/c26-22(25-13-10-20(16-25)24-14-11-23-12-15-24)19-6-8-21(9-7-19)27-17-18-4-2-1-3-5-18;/h1-9,20,23H,10-17H2;1H. The van der Waals surface area contributed by atoms with Crippen LogP contribution in [0.1, 0.15) is 22.3 Å². The van der Waals surface area contributed by atoms with Crippen LogP contribution < -0.4 is 5.32 Å². The number of benzene rings is 2. The molecule has 2 saturated heterocycles. The molecule has 2 aromatic carbocycles. The number of carbonyl (C=O) groups is 1. The number of nitrogens with one attached hydrogen (secondary N) is 1. The minimum Gasteiger partial charge on any atom is -0.337 e. The molecule has 0 aliphatic carbocycles. The molecule has 2 fully saturated rings. The Kier molecular flexibility index (Phi) is 7.80. The van der Waals surface area contributed by atoms with Crippen molar-refractivity contribution in [1.29, 1.82) is 0 Å². The molecule has 28 heavy (non-hydrogen) atoms. The second-order valence-corrected chi connectivity index (χ2v) is 8.33. The summed E-state index contributed by atoms with van der Waals surface area (Å²) in [6.45, 7) is 6.06. The van der Waals surface area contributed by atoms with Crippen molar-refractivity contribution in [3.8, 4) is 0 Å². The number of piperazine rings is 1. The first-order valence-electron chi connectivity index (χ1n) is 9.80. The van der Waals surface area contributed by atoms with Gasteiger partial charge in [0.05, 0.1) is 0 Å². The molecular weight excluding hydrogens is 390 g/mol. The van der Waals surface area contributed by atoms with Crippen LogP contribution in [0.2, 0.25) is 0 Å². The van der Waals surface area contributed by atoms with Crippen molar-refractivity contribution in [1.82, 2.24) is 15.1 Å². The van der Waals surface area contributed by atoms with E-state index < -0.39 is 0 Å².